The van der Waals surface area contributed by atoms with Gasteiger partial charge in [-0.15, -0.1) is 5.10 Å². The quantitative estimate of drug-likeness (QED) is 0.487. The molecule has 33 heavy (non-hydrogen) atoms. The number of urea groups is 1. The number of carbonyl (C=O) groups is 1. The molecule has 0 bridgehead atoms. The SMILES string of the molecule is CN=C1C=C(Cl)C=CC1C1C(n2nnc3ccccc32)NC(=O)N1c1ccc2nc[nH]c2c1. The van der Waals surface area contributed by atoms with Gasteiger partial charge in [0.15, 0.2) is 0 Å². The van der Waals surface area contributed by atoms with Gasteiger partial charge in [0.25, 0.3) is 0 Å². The number of benzene rings is 2. The van der Waals surface area contributed by atoms with Crippen LogP contribution >= 0.6 is 11.6 Å². The van der Waals surface area contributed by atoms with E-state index in [0.29, 0.717) is 5.03 Å². The summed E-state index contributed by atoms with van der Waals surface area (Å²) in [6, 6.07) is 12.8. The maximum Gasteiger partial charge on any atom is 0.324 e. The number of imidazole rings is 1. The Kier molecular flexibility index (Phi) is 4.51. The van der Waals surface area contributed by atoms with Crippen molar-refractivity contribution in [3.8, 4) is 0 Å². The van der Waals surface area contributed by atoms with E-state index in [1.807, 2.05) is 60.7 Å². The zero-order valence-electron chi connectivity index (χ0n) is 17.6. The number of H-pyrrole nitrogens is 1. The Labute approximate surface area is 193 Å². The number of aliphatic imine (C=N–C) groups is 1. The number of fused-ring (bicyclic) bond motifs is 2. The molecule has 9 nitrogen and oxygen atoms in total. The molecule has 10 heteroatoms. The van der Waals surface area contributed by atoms with Crippen LogP contribution in [0.4, 0.5) is 10.5 Å². The number of carbonyl (C=O) groups excluding carboxylic acids is 1. The Bertz CT molecular complexity index is 1480. The van der Waals surface area contributed by atoms with E-state index in [1.54, 1.807) is 23.0 Å². The molecule has 0 saturated carbocycles. The first-order valence-corrected chi connectivity index (χ1v) is 10.9. The van der Waals surface area contributed by atoms with Gasteiger partial charge in [-0.1, -0.05) is 35.0 Å². The normalized spacial score (nSPS) is 24.1. The van der Waals surface area contributed by atoms with Gasteiger partial charge in [-0.25, -0.2) is 14.5 Å². The van der Waals surface area contributed by atoms with Crippen molar-refractivity contribution in [2.45, 2.75) is 12.2 Å². The molecule has 2 amide bonds. The van der Waals surface area contributed by atoms with Crippen molar-refractivity contribution < 1.29 is 4.79 Å². The van der Waals surface area contributed by atoms with Gasteiger partial charge in [-0.3, -0.25) is 9.89 Å². The maximum absolute atomic E-state index is 13.4. The number of rotatable bonds is 3. The first kappa shape index (κ1) is 19.7. The number of hydrogen-bond donors (Lipinski definition) is 2. The van der Waals surface area contributed by atoms with E-state index in [9.17, 15) is 4.79 Å². The fourth-order valence-corrected chi connectivity index (χ4v) is 4.84. The predicted octanol–water partition coefficient (Wildman–Crippen LogP) is 3.78. The molecule has 2 aromatic carbocycles. The molecule has 2 aromatic heterocycles. The lowest BCUT2D eigenvalue weighted by Gasteiger charge is -2.33. The van der Waals surface area contributed by atoms with Gasteiger partial charge in [0.05, 0.1) is 28.9 Å². The second-order valence-corrected chi connectivity index (χ2v) is 8.38. The summed E-state index contributed by atoms with van der Waals surface area (Å²) < 4.78 is 1.77. The van der Waals surface area contributed by atoms with Crippen LogP contribution in [0, 0.1) is 5.92 Å². The molecule has 1 aliphatic carbocycles. The Morgan fingerprint density at radius 1 is 1.15 bits per heavy atom. The van der Waals surface area contributed by atoms with E-state index in [-0.39, 0.29) is 18.0 Å². The summed E-state index contributed by atoms with van der Waals surface area (Å²) in [6.07, 6.45) is 6.82. The van der Waals surface area contributed by atoms with Crippen molar-refractivity contribution in [2.24, 2.45) is 10.9 Å². The van der Waals surface area contributed by atoms with Crippen LogP contribution in [0.15, 0.2) is 77.0 Å². The fraction of sp³-hybridized carbons (Fsp3) is 0.174. The van der Waals surface area contributed by atoms with E-state index >= 15 is 0 Å². The lowest BCUT2D eigenvalue weighted by atomic mass is 9.88. The van der Waals surface area contributed by atoms with Crippen LogP contribution in [-0.2, 0) is 0 Å². The van der Waals surface area contributed by atoms with Gasteiger partial charge in [-0.05, 0) is 42.5 Å². The van der Waals surface area contributed by atoms with Crippen molar-refractivity contribution in [3.05, 3.63) is 72.1 Å². The molecule has 3 heterocycles. The van der Waals surface area contributed by atoms with Gasteiger partial charge in [0.2, 0.25) is 0 Å². The van der Waals surface area contributed by atoms with Gasteiger partial charge in [0.1, 0.15) is 11.7 Å². The summed E-state index contributed by atoms with van der Waals surface area (Å²) in [5.41, 5.74) is 4.80. The highest BCUT2D eigenvalue weighted by Crippen LogP contribution is 2.37. The van der Waals surface area contributed by atoms with Crippen molar-refractivity contribution in [3.63, 3.8) is 0 Å². The summed E-state index contributed by atoms with van der Waals surface area (Å²) in [4.78, 5) is 27.1. The van der Waals surface area contributed by atoms with Gasteiger partial charge < -0.3 is 10.3 Å². The fourth-order valence-electron chi connectivity index (χ4n) is 4.66. The smallest absolute Gasteiger partial charge is 0.324 e. The van der Waals surface area contributed by atoms with Crippen LogP contribution in [0.5, 0.6) is 0 Å². The first-order valence-electron chi connectivity index (χ1n) is 10.5. The standard InChI is InChI=1S/C23H19ClN8O/c1-25-18-10-13(24)6-8-15(18)21-22(32-20-5-3-2-4-17(20)29-30-32)28-23(33)31(21)14-7-9-16-19(11-14)27-12-26-16/h2-12,15,21-22H,1H3,(H,26,27)(H,28,33). The second-order valence-electron chi connectivity index (χ2n) is 7.94. The highest BCUT2D eigenvalue weighted by Gasteiger charge is 2.47. The van der Waals surface area contributed by atoms with E-state index in [0.717, 1.165) is 33.5 Å². The third-order valence-corrected chi connectivity index (χ3v) is 6.39. The van der Waals surface area contributed by atoms with Gasteiger partial charge >= 0.3 is 6.03 Å². The minimum atomic E-state index is -0.487. The molecular weight excluding hydrogens is 440 g/mol. The highest BCUT2D eigenvalue weighted by molar-refractivity contribution is 6.33. The van der Waals surface area contributed by atoms with Crippen LogP contribution in [0.3, 0.4) is 0 Å². The van der Waals surface area contributed by atoms with Crippen LogP contribution < -0.4 is 10.2 Å². The number of para-hydroxylation sites is 1. The molecule has 3 unspecified atom stereocenters. The summed E-state index contributed by atoms with van der Waals surface area (Å²) in [6.45, 7) is 0. The topological polar surface area (TPSA) is 104 Å². The molecule has 1 aliphatic heterocycles. The first-order chi connectivity index (χ1) is 16.1. The minimum absolute atomic E-state index is 0.220. The average Bonchev–Trinajstić information content (AvgIpc) is 3.55. The third kappa shape index (κ3) is 3.12. The lowest BCUT2D eigenvalue weighted by Crippen LogP contribution is -2.44. The molecule has 4 aromatic rings. The molecular formula is C23H19ClN8O. The van der Waals surface area contributed by atoms with Gasteiger partial charge in [0, 0.05) is 29.4 Å². The number of aromatic amines is 1. The summed E-state index contributed by atoms with van der Waals surface area (Å²) >= 11 is 6.27. The van der Waals surface area contributed by atoms with Crippen LogP contribution in [0.2, 0.25) is 0 Å². The van der Waals surface area contributed by atoms with Gasteiger partial charge in [-0.2, -0.15) is 0 Å². The summed E-state index contributed by atoms with van der Waals surface area (Å²) in [5, 5.41) is 12.4. The third-order valence-electron chi connectivity index (χ3n) is 6.15. The Morgan fingerprint density at radius 3 is 2.91 bits per heavy atom. The number of aromatic nitrogens is 5. The highest BCUT2D eigenvalue weighted by atomic mass is 35.5. The zero-order chi connectivity index (χ0) is 22.5. The Hall–Kier alpha value is -3.98. The van der Waals surface area contributed by atoms with E-state index in [2.05, 4.69) is 30.6 Å². The Balaban J connectivity index is 1.52. The molecule has 0 spiro atoms. The van der Waals surface area contributed by atoms with E-state index in [4.69, 9.17) is 11.6 Å². The minimum Gasteiger partial charge on any atom is -0.345 e. The summed E-state index contributed by atoms with van der Waals surface area (Å²) in [5.74, 6) is -0.220. The van der Waals surface area contributed by atoms with Crippen molar-refractivity contribution >= 4 is 51.1 Å². The second kappa shape index (κ2) is 7.56. The molecule has 6 rings (SSSR count). The lowest BCUT2D eigenvalue weighted by molar-refractivity contribution is 0.248. The van der Waals surface area contributed by atoms with Crippen LogP contribution in [0.1, 0.15) is 6.17 Å². The number of anilines is 1. The average molecular weight is 459 g/mol. The Morgan fingerprint density at radius 2 is 2.03 bits per heavy atom. The molecule has 3 atom stereocenters. The van der Waals surface area contributed by atoms with Crippen LogP contribution in [-0.4, -0.2) is 49.8 Å². The van der Waals surface area contributed by atoms with E-state index in [1.165, 1.54) is 0 Å². The number of halogens is 1. The number of nitrogens with one attached hydrogen (secondary N) is 2. The molecule has 2 aliphatic rings. The summed E-state index contributed by atoms with van der Waals surface area (Å²) in [7, 11) is 1.73. The number of allylic oxidation sites excluding steroid dienone is 3. The zero-order valence-corrected chi connectivity index (χ0v) is 18.3. The molecule has 164 valence electrons. The molecule has 1 fully saturated rings. The number of amides is 2. The number of nitrogens with zero attached hydrogens (tertiary/aromatic N) is 6. The predicted molar refractivity (Wildman–Crippen MR) is 127 cm³/mol. The monoisotopic (exact) mass is 458 g/mol. The molecule has 2 N–H and O–H groups in total. The molecule has 1 saturated heterocycles. The van der Waals surface area contributed by atoms with Crippen LogP contribution in [0.25, 0.3) is 22.1 Å². The van der Waals surface area contributed by atoms with Crippen molar-refractivity contribution in [1.82, 2.24) is 30.3 Å². The van der Waals surface area contributed by atoms with Crippen molar-refractivity contribution in [2.75, 3.05) is 11.9 Å². The molecule has 0 radical (unpaired) electrons. The number of hydrogen-bond acceptors (Lipinski definition) is 5. The van der Waals surface area contributed by atoms with E-state index < -0.39 is 6.17 Å². The maximum atomic E-state index is 13.4. The largest absolute Gasteiger partial charge is 0.345 e. The van der Waals surface area contributed by atoms with Crippen molar-refractivity contribution in [1.29, 1.82) is 0 Å².